The monoisotopic (exact) mass is 674 g/mol. The number of carbonyl (C=O) groups excluding carboxylic acids is 3. The van der Waals surface area contributed by atoms with Crippen molar-refractivity contribution < 1.29 is 14.4 Å². The van der Waals surface area contributed by atoms with E-state index in [0.29, 0.717) is 29.4 Å². The number of amides is 2. The van der Waals surface area contributed by atoms with E-state index >= 15 is 0 Å². The minimum atomic E-state index is -0.489. The van der Waals surface area contributed by atoms with Crippen molar-refractivity contribution in [3.63, 3.8) is 0 Å². The Bertz CT molecular complexity index is 1190. The molecule has 0 aliphatic carbocycles. The van der Waals surface area contributed by atoms with Crippen molar-refractivity contribution in [2.75, 3.05) is 11.9 Å². The van der Waals surface area contributed by atoms with Crippen molar-refractivity contribution in [3.05, 3.63) is 71.9 Å². The first-order valence-electron chi connectivity index (χ1n) is 8.74. The Kier molecular flexibility index (Phi) is 7.84. The van der Waals surface area contributed by atoms with Gasteiger partial charge in [-0.2, -0.15) is 0 Å². The Morgan fingerprint density at radius 1 is 1.00 bits per heavy atom. The first kappa shape index (κ1) is 23.8. The second-order valence-electron chi connectivity index (χ2n) is 6.37. The molecule has 0 aliphatic heterocycles. The molecule has 1 aromatic carbocycles. The summed E-state index contributed by atoms with van der Waals surface area (Å²) >= 11 is 13.6. The van der Waals surface area contributed by atoms with Crippen molar-refractivity contribution in [1.82, 2.24) is 14.9 Å². The molecule has 0 spiro atoms. The normalized spacial score (nSPS) is 10.6. The zero-order valence-electron chi connectivity index (χ0n) is 15.9. The van der Waals surface area contributed by atoms with Crippen molar-refractivity contribution in [2.45, 2.75) is 6.92 Å². The maximum Gasteiger partial charge on any atom is 0.272 e. The lowest BCUT2D eigenvalue weighted by Gasteiger charge is -2.15. The number of ketones is 1. The summed E-state index contributed by atoms with van der Waals surface area (Å²) in [6.07, 6.45) is 3.34. The number of halogens is 4. The fourth-order valence-electron chi connectivity index (χ4n) is 2.69. The molecule has 2 aromatic heterocycles. The van der Waals surface area contributed by atoms with E-state index in [9.17, 15) is 14.4 Å². The number of nitrogens with zero attached hydrogens (tertiary/aromatic N) is 2. The lowest BCUT2D eigenvalue weighted by atomic mass is 10.1. The first-order valence-corrected chi connectivity index (χ1v) is 11.9. The minimum Gasteiger partial charge on any atom is -0.345 e. The van der Waals surface area contributed by atoms with E-state index in [1.165, 1.54) is 6.92 Å². The highest BCUT2D eigenvalue weighted by Gasteiger charge is 2.22. The van der Waals surface area contributed by atoms with Crippen LogP contribution in [0.15, 0.2) is 60.6 Å². The molecular formula is C20H14Br4N4O3. The average molecular weight is 678 g/mol. The van der Waals surface area contributed by atoms with E-state index in [0.717, 1.165) is 0 Å². The van der Waals surface area contributed by atoms with E-state index in [1.807, 2.05) is 6.07 Å². The fraction of sp³-hybridized carbons (Fsp3) is 0.100. The summed E-state index contributed by atoms with van der Waals surface area (Å²) in [5.41, 5.74) is 0.779. The van der Waals surface area contributed by atoms with Crippen LogP contribution in [-0.2, 0) is 4.79 Å². The number of rotatable bonds is 6. The van der Waals surface area contributed by atoms with Crippen molar-refractivity contribution in [2.24, 2.45) is 0 Å². The summed E-state index contributed by atoms with van der Waals surface area (Å²) in [6, 6.07) is 8.53. The van der Waals surface area contributed by atoms with Gasteiger partial charge in [0.05, 0.1) is 22.3 Å². The Morgan fingerprint density at radius 3 is 2.42 bits per heavy atom. The molecule has 31 heavy (non-hydrogen) atoms. The van der Waals surface area contributed by atoms with Crippen LogP contribution in [0.2, 0.25) is 0 Å². The van der Waals surface area contributed by atoms with Crippen molar-refractivity contribution in [1.29, 1.82) is 0 Å². The van der Waals surface area contributed by atoms with Gasteiger partial charge in [0.25, 0.3) is 11.8 Å². The van der Waals surface area contributed by atoms with E-state index in [2.05, 4.69) is 79.3 Å². The first-order chi connectivity index (χ1) is 14.7. The summed E-state index contributed by atoms with van der Waals surface area (Å²) < 4.78 is 4.16. The summed E-state index contributed by atoms with van der Waals surface area (Å²) in [6.45, 7) is 1.27. The lowest BCUT2D eigenvalue weighted by Crippen LogP contribution is -2.29. The number of nitrogens with one attached hydrogen (secondary N) is 2. The lowest BCUT2D eigenvalue weighted by molar-refractivity contribution is -0.116. The molecule has 7 nitrogen and oxygen atoms in total. The van der Waals surface area contributed by atoms with Gasteiger partial charge in [0.2, 0.25) is 0 Å². The standard InChI is InChI=1S/C20H14Br4N4O3/c1-10(29)8-26-19(30)13-5-11(21)6-15(24)17(13)27-20(31)16-7-12(22)9-28(16)18-14(23)3-2-4-25-18/h2-7,9H,8H2,1H3,(H,26,30)(H,27,31). The van der Waals surface area contributed by atoms with Crippen LogP contribution in [0, 0.1) is 0 Å². The van der Waals surface area contributed by atoms with Gasteiger partial charge >= 0.3 is 0 Å². The zero-order chi connectivity index (χ0) is 22.7. The summed E-state index contributed by atoms with van der Waals surface area (Å²) in [4.78, 5) is 41.4. The number of carbonyl (C=O) groups is 3. The van der Waals surface area contributed by atoms with Crippen molar-refractivity contribution in [3.8, 4) is 5.82 Å². The highest BCUT2D eigenvalue weighted by atomic mass is 79.9. The van der Waals surface area contributed by atoms with Gasteiger partial charge in [-0.3, -0.25) is 19.0 Å². The van der Waals surface area contributed by atoms with Gasteiger partial charge in [0, 0.05) is 25.8 Å². The largest absolute Gasteiger partial charge is 0.345 e. The summed E-state index contributed by atoms with van der Waals surface area (Å²) in [7, 11) is 0. The number of aromatic nitrogens is 2. The van der Waals surface area contributed by atoms with E-state index in [-0.39, 0.29) is 23.6 Å². The highest BCUT2D eigenvalue weighted by molar-refractivity contribution is 9.11. The smallest absolute Gasteiger partial charge is 0.272 e. The van der Waals surface area contributed by atoms with Gasteiger partial charge < -0.3 is 10.6 Å². The topological polar surface area (TPSA) is 93.1 Å². The van der Waals surface area contributed by atoms with Gasteiger partial charge in [-0.15, -0.1) is 0 Å². The van der Waals surface area contributed by atoms with Gasteiger partial charge in [-0.1, -0.05) is 15.9 Å². The van der Waals surface area contributed by atoms with Crippen LogP contribution < -0.4 is 10.6 Å². The molecule has 0 bridgehead atoms. The minimum absolute atomic E-state index is 0.111. The molecule has 0 unspecified atom stereocenters. The van der Waals surface area contributed by atoms with E-state index in [4.69, 9.17) is 0 Å². The maximum absolute atomic E-state index is 13.2. The Morgan fingerprint density at radius 2 is 1.74 bits per heavy atom. The Labute approximate surface area is 211 Å². The Balaban J connectivity index is 1.99. The Hall–Kier alpha value is -1.82. The van der Waals surface area contributed by atoms with Crippen LogP contribution >= 0.6 is 63.7 Å². The van der Waals surface area contributed by atoms with Crippen molar-refractivity contribution >= 4 is 87.0 Å². The quantitative estimate of drug-likeness (QED) is 0.361. The van der Waals surface area contributed by atoms with Crippen LogP contribution in [0.4, 0.5) is 5.69 Å². The average Bonchev–Trinajstić information content (AvgIpc) is 3.09. The molecule has 0 fully saturated rings. The number of benzene rings is 1. The van der Waals surface area contributed by atoms with E-state index < -0.39 is 11.8 Å². The number of hydrogen-bond acceptors (Lipinski definition) is 4. The third-order valence-corrected chi connectivity index (χ3v) is 6.16. The third kappa shape index (κ3) is 5.71. The van der Waals surface area contributed by atoms with Gasteiger partial charge in [0.1, 0.15) is 11.5 Å². The van der Waals surface area contributed by atoms with Gasteiger partial charge in [-0.05, 0) is 85.0 Å². The molecule has 2 heterocycles. The molecule has 0 aliphatic rings. The third-order valence-electron chi connectivity index (χ3n) is 4.02. The number of pyridine rings is 1. The molecule has 0 saturated carbocycles. The molecule has 3 aromatic rings. The zero-order valence-corrected chi connectivity index (χ0v) is 22.2. The van der Waals surface area contributed by atoms with Crippen LogP contribution in [-0.4, -0.2) is 33.7 Å². The molecule has 0 saturated heterocycles. The molecule has 160 valence electrons. The highest BCUT2D eigenvalue weighted by Crippen LogP contribution is 2.32. The van der Waals surface area contributed by atoms with Crippen LogP contribution in [0.3, 0.4) is 0 Å². The van der Waals surface area contributed by atoms with Crippen LogP contribution in [0.5, 0.6) is 0 Å². The maximum atomic E-state index is 13.2. The molecule has 11 heteroatoms. The number of hydrogen-bond donors (Lipinski definition) is 2. The molecule has 0 atom stereocenters. The number of Topliss-reactive ketones (excluding diaryl/α,β-unsaturated/α-hetero) is 1. The molecule has 0 radical (unpaired) electrons. The van der Waals surface area contributed by atoms with E-state index in [1.54, 1.807) is 41.2 Å². The number of anilines is 1. The summed E-state index contributed by atoms with van der Waals surface area (Å²) in [5, 5.41) is 5.34. The predicted molar refractivity (Wildman–Crippen MR) is 132 cm³/mol. The summed E-state index contributed by atoms with van der Waals surface area (Å²) in [5.74, 6) is -0.590. The fourth-order valence-corrected chi connectivity index (χ4v) is 4.88. The van der Waals surface area contributed by atoms with Crippen LogP contribution in [0.1, 0.15) is 27.8 Å². The van der Waals surface area contributed by atoms with Gasteiger partial charge in [0.15, 0.2) is 5.82 Å². The predicted octanol–water partition coefficient (Wildman–Crippen LogP) is 5.49. The molecule has 2 N–H and O–H groups in total. The SMILES string of the molecule is CC(=O)CNC(=O)c1cc(Br)cc(Br)c1NC(=O)c1cc(Br)cn1-c1ncccc1Br. The second-order valence-corrected chi connectivity index (χ2v) is 9.91. The molecular weight excluding hydrogens is 664 g/mol. The molecule has 3 rings (SSSR count). The second kappa shape index (κ2) is 10.2. The van der Waals surface area contributed by atoms with Gasteiger partial charge in [-0.25, -0.2) is 4.98 Å². The molecule has 2 amide bonds. The van der Waals surface area contributed by atoms with Crippen LogP contribution in [0.25, 0.3) is 5.82 Å².